The Kier molecular flexibility index (Phi) is 4.69. The van der Waals surface area contributed by atoms with E-state index >= 15 is 0 Å². The van der Waals surface area contributed by atoms with Gasteiger partial charge < -0.3 is 15.3 Å². The van der Waals surface area contributed by atoms with Gasteiger partial charge >= 0.3 is 0 Å². The van der Waals surface area contributed by atoms with Crippen LogP contribution in [0.1, 0.15) is 15.9 Å². The van der Waals surface area contributed by atoms with E-state index in [1.165, 1.54) is 24.3 Å². The number of carbonyl (C=O) groups excluding carboxylic acids is 1. The van der Waals surface area contributed by atoms with Crippen LogP contribution >= 0.6 is 31.9 Å². The molecule has 21 heavy (non-hydrogen) atoms. The molecule has 0 atom stereocenters. The second-order valence-electron chi connectivity index (χ2n) is 4.22. The molecule has 0 aliphatic heterocycles. The van der Waals surface area contributed by atoms with Crippen LogP contribution in [0.25, 0.3) is 6.08 Å². The average molecular weight is 414 g/mol. The van der Waals surface area contributed by atoms with Gasteiger partial charge in [0.05, 0.1) is 10.0 Å². The molecule has 0 unspecified atom stereocenters. The summed E-state index contributed by atoms with van der Waals surface area (Å²) in [4.78, 5) is 12.0. The third-order valence-electron chi connectivity index (χ3n) is 2.72. The average Bonchev–Trinajstić information content (AvgIpc) is 2.40. The van der Waals surface area contributed by atoms with E-state index in [1.54, 1.807) is 12.1 Å². The lowest BCUT2D eigenvalue weighted by Crippen LogP contribution is -1.94. The zero-order valence-electron chi connectivity index (χ0n) is 10.5. The number of phenols is 3. The first kappa shape index (κ1) is 15.6. The normalized spacial score (nSPS) is 11.0. The molecule has 0 saturated heterocycles. The van der Waals surface area contributed by atoms with Gasteiger partial charge in [0.1, 0.15) is 17.2 Å². The number of phenolic OH excluding ortho intramolecular Hbond substituents is 3. The van der Waals surface area contributed by atoms with Gasteiger partial charge in [0.15, 0.2) is 5.78 Å². The smallest absolute Gasteiger partial charge is 0.189 e. The van der Waals surface area contributed by atoms with E-state index in [1.807, 2.05) is 0 Å². The molecule has 2 aromatic rings. The Balaban J connectivity index is 2.31. The van der Waals surface area contributed by atoms with Crippen molar-refractivity contribution >= 4 is 43.7 Å². The second-order valence-corrected chi connectivity index (χ2v) is 5.99. The van der Waals surface area contributed by atoms with E-state index in [0.717, 1.165) is 10.5 Å². The third-order valence-corrected chi connectivity index (χ3v) is 3.78. The van der Waals surface area contributed by atoms with E-state index in [2.05, 4.69) is 31.9 Å². The standard InChI is InChI=1S/C15H10Br2O4/c16-9-5-8(15(21)12(17)6-9)1-4-13(19)11-3-2-10(18)7-14(11)20/h1-7,18,20-21H. The SMILES string of the molecule is O=C(C=Cc1cc(Br)cc(Br)c1O)c1ccc(O)cc1O. The molecule has 2 rings (SSSR count). The van der Waals surface area contributed by atoms with Crippen molar-refractivity contribution in [2.45, 2.75) is 0 Å². The Morgan fingerprint density at radius 3 is 2.43 bits per heavy atom. The minimum absolute atomic E-state index is 0.0113. The lowest BCUT2D eigenvalue weighted by Gasteiger charge is -2.04. The number of ketones is 1. The summed E-state index contributed by atoms with van der Waals surface area (Å²) in [6, 6.07) is 7.07. The van der Waals surface area contributed by atoms with Gasteiger partial charge in [-0.05, 0) is 52.3 Å². The first-order chi connectivity index (χ1) is 9.88. The quantitative estimate of drug-likeness (QED) is 0.519. The molecular weight excluding hydrogens is 404 g/mol. The summed E-state index contributed by atoms with van der Waals surface area (Å²) in [6.07, 6.45) is 2.68. The van der Waals surface area contributed by atoms with Crippen molar-refractivity contribution in [2.75, 3.05) is 0 Å². The van der Waals surface area contributed by atoms with Gasteiger partial charge in [0.25, 0.3) is 0 Å². The van der Waals surface area contributed by atoms with Crippen molar-refractivity contribution in [1.29, 1.82) is 0 Å². The molecular formula is C15H10Br2O4. The Morgan fingerprint density at radius 2 is 1.76 bits per heavy atom. The van der Waals surface area contributed by atoms with Crippen LogP contribution in [-0.2, 0) is 0 Å². The first-order valence-electron chi connectivity index (χ1n) is 5.81. The third kappa shape index (κ3) is 3.65. The van der Waals surface area contributed by atoms with Gasteiger partial charge in [-0.1, -0.05) is 15.9 Å². The maximum Gasteiger partial charge on any atom is 0.189 e. The van der Waals surface area contributed by atoms with E-state index in [0.29, 0.717) is 10.0 Å². The molecule has 3 N–H and O–H groups in total. The Labute approximate surface area is 137 Å². The molecule has 0 heterocycles. The molecule has 0 radical (unpaired) electrons. The zero-order valence-corrected chi connectivity index (χ0v) is 13.7. The van der Waals surface area contributed by atoms with Crippen LogP contribution in [0, 0.1) is 0 Å². The van der Waals surface area contributed by atoms with E-state index in [9.17, 15) is 20.1 Å². The van der Waals surface area contributed by atoms with Crippen LogP contribution in [0.3, 0.4) is 0 Å². The highest BCUT2D eigenvalue weighted by atomic mass is 79.9. The minimum Gasteiger partial charge on any atom is -0.508 e. The summed E-state index contributed by atoms with van der Waals surface area (Å²) >= 11 is 6.49. The van der Waals surface area contributed by atoms with Gasteiger partial charge in [-0.3, -0.25) is 4.79 Å². The van der Waals surface area contributed by atoms with Gasteiger partial charge in [0, 0.05) is 16.1 Å². The summed E-state index contributed by atoms with van der Waals surface area (Å²) in [7, 11) is 0. The fourth-order valence-corrected chi connectivity index (χ4v) is 2.95. The molecule has 0 bridgehead atoms. The Bertz CT molecular complexity index is 739. The number of benzene rings is 2. The molecule has 0 aliphatic carbocycles. The maximum atomic E-state index is 12.0. The van der Waals surface area contributed by atoms with Crippen LogP contribution in [0.15, 0.2) is 45.4 Å². The number of aromatic hydroxyl groups is 3. The molecule has 2 aromatic carbocycles. The van der Waals surface area contributed by atoms with Crippen molar-refractivity contribution in [3.05, 3.63) is 56.5 Å². The number of rotatable bonds is 3. The van der Waals surface area contributed by atoms with Crippen LogP contribution < -0.4 is 0 Å². The predicted octanol–water partition coefficient (Wildman–Crippen LogP) is 4.22. The maximum absolute atomic E-state index is 12.0. The Hall–Kier alpha value is -1.79. The fraction of sp³-hybridized carbons (Fsp3) is 0. The molecule has 0 aromatic heterocycles. The van der Waals surface area contributed by atoms with Crippen molar-refractivity contribution in [3.8, 4) is 17.2 Å². The lowest BCUT2D eigenvalue weighted by molar-refractivity contribution is 0.104. The number of hydrogen-bond acceptors (Lipinski definition) is 4. The molecule has 0 aliphatic rings. The van der Waals surface area contributed by atoms with Gasteiger partial charge in [-0.25, -0.2) is 0 Å². The molecule has 0 amide bonds. The largest absolute Gasteiger partial charge is 0.508 e. The highest BCUT2D eigenvalue weighted by Crippen LogP contribution is 2.32. The number of halogens is 2. The topological polar surface area (TPSA) is 77.8 Å². The zero-order chi connectivity index (χ0) is 15.6. The predicted molar refractivity (Wildman–Crippen MR) is 86.6 cm³/mol. The number of hydrogen-bond donors (Lipinski definition) is 3. The molecule has 4 nitrogen and oxygen atoms in total. The van der Waals surface area contributed by atoms with E-state index in [-0.39, 0.29) is 22.8 Å². The highest BCUT2D eigenvalue weighted by Gasteiger charge is 2.10. The lowest BCUT2D eigenvalue weighted by atomic mass is 10.1. The summed E-state index contributed by atoms with van der Waals surface area (Å²) in [6.45, 7) is 0. The van der Waals surface area contributed by atoms with Gasteiger partial charge in [0.2, 0.25) is 0 Å². The van der Waals surface area contributed by atoms with Crippen LogP contribution in [-0.4, -0.2) is 21.1 Å². The summed E-state index contributed by atoms with van der Waals surface area (Å²) < 4.78 is 1.24. The molecule has 0 fully saturated rings. The van der Waals surface area contributed by atoms with Crippen molar-refractivity contribution < 1.29 is 20.1 Å². The molecule has 6 heteroatoms. The van der Waals surface area contributed by atoms with Crippen LogP contribution in [0.4, 0.5) is 0 Å². The van der Waals surface area contributed by atoms with Crippen molar-refractivity contribution in [3.63, 3.8) is 0 Å². The monoisotopic (exact) mass is 412 g/mol. The Morgan fingerprint density at radius 1 is 1.05 bits per heavy atom. The molecule has 0 spiro atoms. The second kappa shape index (κ2) is 6.32. The number of carbonyl (C=O) groups is 1. The van der Waals surface area contributed by atoms with Gasteiger partial charge in [-0.15, -0.1) is 0 Å². The van der Waals surface area contributed by atoms with E-state index in [4.69, 9.17) is 0 Å². The summed E-state index contributed by atoms with van der Waals surface area (Å²) in [5.74, 6) is -0.855. The molecule has 0 saturated carbocycles. The van der Waals surface area contributed by atoms with Crippen molar-refractivity contribution in [1.82, 2.24) is 0 Å². The minimum atomic E-state index is -0.442. The number of allylic oxidation sites excluding steroid dienone is 1. The highest BCUT2D eigenvalue weighted by molar-refractivity contribution is 9.11. The van der Waals surface area contributed by atoms with Crippen LogP contribution in [0.2, 0.25) is 0 Å². The summed E-state index contributed by atoms with van der Waals surface area (Å²) in [5, 5.41) is 28.7. The first-order valence-corrected chi connectivity index (χ1v) is 7.39. The van der Waals surface area contributed by atoms with E-state index < -0.39 is 5.78 Å². The van der Waals surface area contributed by atoms with Crippen molar-refractivity contribution in [2.24, 2.45) is 0 Å². The molecule has 108 valence electrons. The van der Waals surface area contributed by atoms with Gasteiger partial charge in [-0.2, -0.15) is 0 Å². The fourth-order valence-electron chi connectivity index (χ4n) is 1.70. The summed E-state index contributed by atoms with van der Waals surface area (Å²) in [5.41, 5.74) is 0.514. The van der Waals surface area contributed by atoms with Crippen LogP contribution in [0.5, 0.6) is 17.2 Å².